The monoisotopic (exact) mass is 240 g/mol. The molecule has 0 fully saturated rings. The van der Waals surface area contributed by atoms with Gasteiger partial charge in [0.05, 0.1) is 5.02 Å². The molecular weight excluding hydrogens is 227 g/mol. The molecule has 0 heterocycles. The fraction of sp³-hybridized carbons (Fsp3) is 0.333. The Balaban J connectivity index is 2.71. The van der Waals surface area contributed by atoms with Gasteiger partial charge in [-0.1, -0.05) is 17.7 Å². The molecule has 0 saturated heterocycles. The van der Waals surface area contributed by atoms with E-state index in [-0.39, 0.29) is 11.1 Å². The van der Waals surface area contributed by atoms with Crippen molar-refractivity contribution in [2.75, 3.05) is 13.1 Å². The van der Waals surface area contributed by atoms with E-state index in [1.807, 2.05) is 0 Å². The van der Waals surface area contributed by atoms with E-state index in [1.165, 1.54) is 12.1 Å². The van der Waals surface area contributed by atoms with Gasteiger partial charge in [0.15, 0.2) is 0 Å². The average molecular weight is 241 g/mol. The molecule has 0 spiro atoms. The van der Waals surface area contributed by atoms with E-state index in [4.69, 9.17) is 23.8 Å². The third kappa shape index (κ3) is 3.49. The Labute approximate surface area is 100.0 Å². The minimum absolute atomic E-state index is 0.0971. The van der Waals surface area contributed by atoms with Gasteiger partial charge in [0.25, 0.3) is 0 Å². The second-order valence-electron chi connectivity index (χ2n) is 3.37. The second-order valence-corrected chi connectivity index (χ2v) is 3.78. The predicted octanol–water partition coefficient (Wildman–Crippen LogP) is 2.09. The van der Waals surface area contributed by atoms with Crippen LogP contribution in [0.5, 0.6) is 0 Å². The van der Waals surface area contributed by atoms with E-state index >= 15 is 0 Å². The summed E-state index contributed by atoms with van der Waals surface area (Å²) in [6.45, 7) is 1.04. The lowest BCUT2D eigenvalue weighted by atomic mass is 10.1. The van der Waals surface area contributed by atoms with Gasteiger partial charge >= 0.3 is 0 Å². The lowest BCUT2D eigenvalue weighted by molar-refractivity contribution is 0.544. The van der Waals surface area contributed by atoms with Gasteiger partial charge in [-0.15, -0.1) is 12.3 Å². The Hall–Kier alpha value is -1.08. The molecule has 16 heavy (non-hydrogen) atoms. The van der Waals surface area contributed by atoms with Gasteiger partial charge in [-0.3, -0.25) is 0 Å². The van der Waals surface area contributed by atoms with Crippen LogP contribution in [0.1, 0.15) is 18.0 Å². The minimum Gasteiger partial charge on any atom is -0.329 e. The molecule has 1 atom stereocenters. The van der Waals surface area contributed by atoms with E-state index in [1.54, 1.807) is 6.07 Å². The molecule has 1 aromatic carbocycles. The highest BCUT2D eigenvalue weighted by Gasteiger charge is 2.10. The lowest BCUT2D eigenvalue weighted by Gasteiger charge is -2.16. The quantitative estimate of drug-likeness (QED) is 0.611. The number of halogens is 2. The molecule has 3 N–H and O–H groups in total. The van der Waals surface area contributed by atoms with E-state index < -0.39 is 5.82 Å². The first-order valence-corrected chi connectivity index (χ1v) is 5.38. The first-order chi connectivity index (χ1) is 7.69. The van der Waals surface area contributed by atoms with Gasteiger partial charge in [-0.2, -0.15) is 0 Å². The zero-order chi connectivity index (χ0) is 12.0. The lowest BCUT2D eigenvalue weighted by Crippen LogP contribution is -2.28. The molecule has 0 aromatic heterocycles. The predicted molar refractivity (Wildman–Crippen MR) is 64.7 cm³/mol. The van der Waals surface area contributed by atoms with Crippen LogP contribution in [0, 0.1) is 18.2 Å². The largest absolute Gasteiger partial charge is 0.329 e. The van der Waals surface area contributed by atoms with Gasteiger partial charge < -0.3 is 11.1 Å². The molecule has 1 rings (SSSR count). The van der Waals surface area contributed by atoms with E-state index in [9.17, 15) is 4.39 Å². The van der Waals surface area contributed by atoms with Gasteiger partial charge in [0, 0.05) is 25.6 Å². The molecule has 0 aliphatic heterocycles. The van der Waals surface area contributed by atoms with Crippen LogP contribution >= 0.6 is 11.6 Å². The maximum absolute atomic E-state index is 13.2. The summed E-state index contributed by atoms with van der Waals surface area (Å²) < 4.78 is 13.2. The molecule has 0 saturated carbocycles. The summed E-state index contributed by atoms with van der Waals surface area (Å²) in [5.74, 6) is 2.09. The van der Waals surface area contributed by atoms with Gasteiger partial charge in [0.1, 0.15) is 5.82 Å². The topological polar surface area (TPSA) is 38.0 Å². The maximum atomic E-state index is 13.2. The summed E-state index contributed by atoms with van der Waals surface area (Å²) in [5.41, 5.74) is 6.38. The van der Waals surface area contributed by atoms with Crippen LogP contribution in [0.4, 0.5) is 4.39 Å². The molecule has 1 aromatic rings. The van der Waals surface area contributed by atoms with Crippen molar-refractivity contribution in [1.29, 1.82) is 0 Å². The van der Waals surface area contributed by atoms with Crippen molar-refractivity contribution in [2.45, 2.75) is 12.5 Å². The smallest absolute Gasteiger partial charge is 0.142 e. The highest BCUT2D eigenvalue weighted by atomic mass is 35.5. The first-order valence-electron chi connectivity index (χ1n) is 5.01. The Morgan fingerprint density at radius 3 is 2.88 bits per heavy atom. The molecule has 4 heteroatoms. The van der Waals surface area contributed by atoms with Crippen molar-refractivity contribution >= 4 is 11.6 Å². The van der Waals surface area contributed by atoms with Gasteiger partial charge in [-0.25, -0.2) is 4.39 Å². The minimum atomic E-state index is -0.434. The number of nitrogens with two attached hydrogens (primary N) is 1. The van der Waals surface area contributed by atoms with Gasteiger partial charge in [-0.05, 0) is 17.7 Å². The summed E-state index contributed by atoms with van der Waals surface area (Å²) in [6.07, 6.45) is 5.76. The second kappa shape index (κ2) is 6.49. The van der Waals surface area contributed by atoms with Crippen LogP contribution in [0.2, 0.25) is 5.02 Å². The standard InChI is InChI=1S/C12H14ClFN2/c1-2-3-6-16-12(8-15)9-4-5-10(13)11(14)7-9/h1,4-5,7,12,16H,3,6,8,15H2. The number of nitrogens with one attached hydrogen (secondary N) is 1. The molecule has 86 valence electrons. The van der Waals surface area contributed by atoms with Crippen LogP contribution in [0.25, 0.3) is 0 Å². The fourth-order valence-corrected chi connectivity index (χ4v) is 1.50. The molecule has 0 bridgehead atoms. The van der Waals surface area contributed by atoms with Crippen molar-refractivity contribution in [3.63, 3.8) is 0 Å². The Kier molecular flexibility index (Phi) is 5.27. The maximum Gasteiger partial charge on any atom is 0.142 e. The Morgan fingerprint density at radius 1 is 1.56 bits per heavy atom. The third-order valence-electron chi connectivity index (χ3n) is 2.24. The Morgan fingerprint density at radius 2 is 2.31 bits per heavy atom. The van der Waals surface area contributed by atoms with E-state index in [0.717, 1.165) is 5.56 Å². The number of benzene rings is 1. The molecule has 0 radical (unpaired) electrons. The van der Waals surface area contributed by atoms with Crippen LogP contribution in [-0.2, 0) is 0 Å². The summed E-state index contributed by atoms with van der Waals surface area (Å²) in [7, 11) is 0. The van der Waals surface area contributed by atoms with Crippen LogP contribution in [-0.4, -0.2) is 13.1 Å². The molecule has 1 unspecified atom stereocenters. The summed E-state index contributed by atoms with van der Waals surface area (Å²) in [6, 6.07) is 4.58. The van der Waals surface area contributed by atoms with E-state index in [2.05, 4.69) is 11.2 Å². The van der Waals surface area contributed by atoms with Crippen molar-refractivity contribution < 1.29 is 4.39 Å². The van der Waals surface area contributed by atoms with Crippen LogP contribution in [0.15, 0.2) is 18.2 Å². The zero-order valence-corrected chi connectivity index (χ0v) is 9.60. The highest BCUT2D eigenvalue weighted by Crippen LogP contribution is 2.19. The normalized spacial score (nSPS) is 12.1. The van der Waals surface area contributed by atoms with Crippen molar-refractivity contribution in [3.05, 3.63) is 34.6 Å². The van der Waals surface area contributed by atoms with Crippen molar-refractivity contribution in [3.8, 4) is 12.3 Å². The Bertz CT molecular complexity index is 387. The van der Waals surface area contributed by atoms with E-state index in [0.29, 0.717) is 19.5 Å². The third-order valence-corrected chi connectivity index (χ3v) is 2.55. The molecule has 0 aliphatic rings. The summed E-state index contributed by atoms with van der Waals surface area (Å²) in [4.78, 5) is 0. The highest BCUT2D eigenvalue weighted by molar-refractivity contribution is 6.30. The number of rotatable bonds is 5. The van der Waals surface area contributed by atoms with Crippen LogP contribution < -0.4 is 11.1 Å². The first kappa shape index (κ1) is 13.0. The number of hydrogen-bond donors (Lipinski definition) is 2. The molecule has 0 aliphatic carbocycles. The van der Waals surface area contributed by atoms with Crippen molar-refractivity contribution in [2.24, 2.45) is 5.73 Å². The summed E-state index contributed by atoms with van der Waals surface area (Å²) >= 11 is 5.60. The zero-order valence-electron chi connectivity index (χ0n) is 8.84. The number of terminal acetylenes is 1. The van der Waals surface area contributed by atoms with Gasteiger partial charge in [0.2, 0.25) is 0 Å². The number of hydrogen-bond acceptors (Lipinski definition) is 2. The fourth-order valence-electron chi connectivity index (χ4n) is 1.38. The average Bonchev–Trinajstić information content (AvgIpc) is 2.29. The summed E-state index contributed by atoms with van der Waals surface area (Å²) in [5, 5.41) is 3.27. The van der Waals surface area contributed by atoms with Crippen LogP contribution in [0.3, 0.4) is 0 Å². The molecule has 0 amide bonds. The van der Waals surface area contributed by atoms with Crippen molar-refractivity contribution in [1.82, 2.24) is 5.32 Å². The molecule has 2 nitrogen and oxygen atoms in total. The SMILES string of the molecule is C#CCCNC(CN)c1ccc(Cl)c(F)c1. The molecular formula is C12H14ClFN2.